The van der Waals surface area contributed by atoms with Crippen LogP contribution in [0.3, 0.4) is 0 Å². The van der Waals surface area contributed by atoms with Crippen molar-refractivity contribution in [3.63, 3.8) is 0 Å². The molecular weight excluding hydrogens is 138 g/mol. The van der Waals surface area contributed by atoms with Gasteiger partial charge in [-0.25, -0.2) is 0 Å². The zero-order valence-corrected chi connectivity index (χ0v) is 7.94. The van der Waals surface area contributed by atoms with Crippen molar-refractivity contribution in [2.24, 2.45) is 0 Å². The van der Waals surface area contributed by atoms with Crippen LogP contribution in [0.5, 0.6) is 0 Å². The average Bonchev–Trinajstić information content (AvgIpc) is 1.81. The van der Waals surface area contributed by atoms with E-state index in [0.717, 1.165) is 18.5 Å². The predicted octanol–water partition coefficient (Wildman–Crippen LogP) is 1.31. The van der Waals surface area contributed by atoms with Gasteiger partial charge in [-0.3, -0.25) is 0 Å². The van der Waals surface area contributed by atoms with E-state index in [1.165, 1.54) is 0 Å². The summed E-state index contributed by atoms with van der Waals surface area (Å²) in [5, 5.41) is 12.7. The molecule has 0 rings (SSSR count). The topological polar surface area (TPSA) is 32.3 Å². The van der Waals surface area contributed by atoms with Crippen LogP contribution in [0, 0.1) is 0 Å². The highest BCUT2D eigenvalue weighted by Gasteiger charge is 2.14. The van der Waals surface area contributed by atoms with E-state index >= 15 is 0 Å². The first-order valence-corrected chi connectivity index (χ1v) is 4.01. The highest BCUT2D eigenvalue weighted by molar-refractivity contribution is 5.04. The van der Waals surface area contributed by atoms with Gasteiger partial charge in [-0.1, -0.05) is 11.6 Å². The smallest absolute Gasteiger partial charge is 0.0814 e. The molecule has 2 N–H and O–H groups in total. The number of allylic oxidation sites excluding steroid dienone is 1. The molecule has 0 radical (unpaired) electrons. The Morgan fingerprint density at radius 2 is 2.09 bits per heavy atom. The van der Waals surface area contributed by atoms with Gasteiger partial charge in [0.25, 0.3) is 0 Å². The summed E-state index contributed by atoms with van der Waals surface area (Å²) >= 11 is 0. The molecule has 11 heavy (non-hydrogen) atoms. The molecule has 0 bridgehead atoms. The van der Waals surface area contributed by atoms with Gasteiger partial charge in [-0.05, 0) is 40.8 Å². The Morgan fingerprint density at radius 3 is 2.45 bits per heavy atom. The molecule has 0 amide bonds. The molecular formula is C9H19NO. The first-order valence-electron chi connectivity index (χ1n) is 4.01. The Morgan fingerprint density at radius 1 is 1.55 bits per heavy atom. The van der Waals surface area contributed by atoms with Crippen molar-refractivity contribution >= 4 is 0 Å². The van der Waals surface area contributed by atoms with Crippen molar-refractivity contribution in [1.82, 2.24) is 5.32 Å². The molecule has 0 aliphatic heterocycles. The molecule has 0 heterocycles. The van der Waals surface area contributed by atoms with Crippen LogP contribution in [0.25, 0.3) is 0 Å². The first-order chi connectivity index (χ1) is 4.98. The van der Waals surface area contributed by atoms with Crippen LogP contribution in [0.15, 0.2) is 11.6 Å². The first kappa shape index (κ1) is 10.7. The van der Waals surface area contributed by atoms with Crippen LogP contribution in [0.2, 0.25) is 0 Å². The summed E-state index contributed by atoms with van der Waals surface area (Å²) < 4.78 is 0. The van der Waals surface area contributed by atoms with E-state index in [1.54, 1.807) is 0 Å². The van der Waals surface area contributed by atoms with Gasteiger partial charge in [0.15, 0.2) is 0 Å². The maximum Gasteiger partial charge on any atom is 0.0814 e. The minimum absolute atomic E-state index is 0.651. The molecule has 0 aliphatic carbocycles. The number of hydrogen-bond donors (Lipinski definition) is 2. The van der Waals surface area contributed by atoms with Crippen LogP contribution in [0.4, 0.5) is 0 Å². The highest BCUT2D eigenvalue weighted by atomic mass is 16.3. The third-order valence-electron chi connectivity index (χ3n) is 1.48. The minimum atomic E-state index is -0.651. The number of aliphatic hydroxyl groups is 1. The summed E-state index contributed by atoms with van der Waals surface area (Å²) in [5.74, 6) is 0. The van der Waals surface area contributed by atoms with Crippen LogP contribution in [0.1, 0.15) is 27.2 Å². The fraction of sp³-hybridized carbons (Fsp3) is 0.778. The maximum absolute atomic E-state index is 9.70. The lowest BCUT2D eigenvalue weighted by Gasteiger charge is -2.19. The summed E-state index contributed by atoms with van der Waals surface area (Å²) in [4.78, 5) is 0. The predicted molar refractivity (Wildman–Crippen MR) is 48.6 cm³/mol. The Labute approximate surface area is 69.3 Å². The Balaban J connectivity index is 3.90. The van der Waals surface area contributed by atoms with E-state index in [4.69, 9.17) is 0 Å². The van der Waals surface area contributed by atoms with Gasteiger partial charge >= 0.3 is 0 Å². The van der Waals surface area contributed by atoms with Gasteiger partial charge in [0, 0.05) is 0 Å². The van der Waals surface area contributed by atoms with Gasteiger partial charge in [-0.2, -0.15) is 0 Å². The molecule has 1 unspecified atom stereocenters. The minimum Gasteiger partial charge on any atom is -0.386 e. The summed E-state index contributed by atoms with van der Waals surface area (Å²) in [6.07, 6.45) is 2.65. The zero-order valence-electron chi connectivity index (χ0n) is 7.94. The molecule has 0 aromatic heterocycles. The van der Waals surface area contributed by atoms with Crippen LogP contribution < -0.4 is 5.32 Å². The molecule has 0 saturated carbocycles. The highest BCUT2D eigenvalue weighted by Crippen LogP contribution is 2.12. The van der Waals surface area contributed by atoms with Crippen molar-refractivity contribution in [1.29, 1.82) is 0 Å². The second-order valence-electron chi connectivity index (χ2n) is 3.43. The van der Waals surface area contributed by atoms with Crippen molar-refractivity contribution in [3.8, 4) is 0 Å². The number of nitrogens with one attached hydrogen (secondary N) is 1. The van der Waals surface area contributed by atoms with Gasteiger partial charge in [-0.15, -0.1) is 0 Å². The monoisotopic (exact) mass is 157 g/mol. The molecule has 0 spiro atoms. The fourth-order valence-corrected chi connectivity index (χ4v) is 1.07. The molecule has 0 fully saturated rings. The standard InChI is InChI=1S/C9H19NO/c1-8(2)7-9(3,11)5-6-10-4/h7,10-11H,5-6H2,1-4H3. The Bertz CT molecular complexity index is 134. The fourth-order valence-electron chi connectivity index (χ4n) is 1.07. The van der Waals surface area contributed by atoms with Gasteiger partial charge in [0.05, 0.1) is 5.60 Å². The average molecular weight is 157 g/mol. The van der Waals surface area contributed by atoms with E-state index < -0.39 is 5.60 Å². The molecule has 1 atom stereocenters. The lowest BCUT2D eigenvalue weighted by molar-refractivity contribution is 0.102. The lowest BCUT2D eigenvalue weighted by atomic mass is 10.00. The second kappa shape index (κ2) is 4.52. The third kappa shape index (κ3) is 6.07. The van der Waals surface area contributed by atoms with Gasteiger partial charge < -0.3 is 10.4 Å². The molecule has 0 aromatic rings. The van der Waals surface area contributed by atoms with Crippen LogP contribution >= 0.6 is 0 Å². The van der Waals surface area contributed by atoms with Crippen molar-refractivity contribution in [2.75, 3.05) is 13.6 Å². The van der Waals surface area contributed by atoms with Crippen molar-refractivity contribution in [3.05, 3.63) is 11.6 Å². The quantitative estimate of drug-likeness (QED) is 0.603. The molecule has 66 valence electrons. The molecule has 0 saturated heterocycles. The number of rotatable bonds is 4. The Kier molecular flexibility index (Phi) is 4.38. The van der Waals surface area contributed by atoms with E-state index in [2.05, 4.69) is 5.32 Å². The van der Waals surface area contributed by atoms with E-state index in [9.17, 15) is 5.11 Å². The molecule has 2 heteroatoms. The molecule has 0 aromatic carbocycles. The van der Waals surface area contributed by atoms with E-state index in [-0.39, 0.29) is 0 Å². The van der Waals surface area contributed by atoms with E-state index in [1.807, 2.05) is 33.9 Å². The summed E-state index contributed by atoms with van der Waals surface area (Å²) in [6.45, 7) is 6.66. The normalized spacial score (nSPS) is 15.7. The van der Waals surface area contributed by atoms with Crippen molar-refractivity contribution in [2.45, 2.75) is 32.8 Å². The maximum atomic E-state index is 9.70. The van der Waals surface area contributed by atoms with Crippen LogP contribution in [-0.4, -0.2) is 24.3 Å². The van der Waals surface area contributed by atoms with Gasteiger partial charge in [0.2, 0.25) is 0 Å². The molecule has 2 nitrogen and oxygen atoms in total. The van der Waals surface area contributed by atoms with Gasteiger partial charge in [0.1, 0.15) is 0 Å². The zero-order chi connectivity index (χ0) is 8.91. The SMILES string of the molecule is CNCCC(C)(O)C=C(C)C. The lowest BCUT2D eigenvalue weighted by Crippen LogP contribution is -2.26. The summed E-state index contributed by atoms with van der Waals surface area (Å²) in [5.41, 5.74) is 0.507. The second-order valence-corrected chi connectivity index (χ2v) is 3.43. The summed E-state index contributed by atoms with van der Waals surface area (Å²) in [6, 6.07) is 0. The van der Waals surface area contributed by atoms with Crippen molar-refractivity contribution < 1.29 is 5.11 Å². The third-order valence-corrected chi connectivity index (χ3v) is 1.48. The number of hydrogen-bond acceptors (Lipinski definition) is 2. The van der Waals surface area contributed by atoms with Crippen LogP contribution in [-0.2, 0) is 0 Å². The van der Waals surface area contributed by atoms with E-state index in [0.29, 0.717) is 0 Å². The molecule has 0 aliphatic rings. The Hall–Kier alpha value is -0.340. The summed E-state index contributed by atoms with van der Waals surface area (Å²) in [7, 11) is 1.89. The largest absolute Gasteiger partial charge is 0.386 e.